The quantitative estimate of drug-likeness (QED) is 0.597. The van der Waals surface area contributed by atoms with E-state index in [0.717, 1.165) is 30.2 Å². The van der Waals surface area contributed by atoms with Crippen molar-refractivity contribution < 1.29 is 14.3 Å². The third-order valence-corrected chi connectivity index (χ3v) is 5.59. The van der Waals surface area contributed by atoms with E-state index in [4.69, 9.17) is 0 Å². The van der Waals surface area contributed by atoms with E-state index in [2.05, 4.69) is 25.2 Å². The summed E-state index contributed by atoms with van der Waals surface area (Å²) in [5.41, 5.74) is 3.25. The molecule has 1 fully saturated rings. The first-order valence-corrected chi connectivity index (χ1v) is 10.8. The summed E-state index contributed by atoms with van der Waals surface area (Å²) in [6, 6.07) is 17.8. The molecule has 1 amide bonds. The molecule has 4 rings (SSSR count). The first kappa shape index (κ1) is 21.5. The van der Waals surface area contributed by atoms with Crippen LogP contribution in [0, 0.1) is 0 Å². The fraction of sp³-hybridized carbons (Fsp3) is 0.280. The van der Waals surface area contributed by atoms with Crippen molar-refractivity contribution in [3.8, 4) is 11.3 Å². The molecule has 0 unspecified atom stereocenters. The minimum atomic E-state index is -0.435. The molecule has 0 aliphatic carbocycles. The molecule has 164 valence electrons. The van der Waals surface area contributed by atoms with Gasteiger partial charge in [0.15, 0.2) is 5.82 Å². The number of anilines is 2. The Labute approximate surface area is 187 Å². The minimum absolute atomic E-state index is 0.254. The molecule has 0 bridgehead atoms. The number of methoxy groups -OCH3 is 1. The standard InChI is InChI=1S/C25H26N4O3/c1-32-25(31)20-8-6-19(7-9-20)24(30)26-21-12-10-18(11-13-21)22-14-15-23(28-27-22)29-16-4-2-3-5-17-29/h6-15H,2-5,16-17H2,1H3,(H,26,30). The number of carbonyl (C=O) groups excluding carboxylic acids is 2. The van der Waals surface area contributed by atoms with E-state index in [9.17, 15) is 9.59 Å². The lowest BCUT2D eigenvalue weighted by Crippen LogP contribution is -2.25. The van der Waals surface area contributed by atoms with Crippen molar-refractivity contribution in [1.82, 2.24) is 10.2 Å². The van der Waals surface area contributed by atoms with Crippen LogP contribution in [0.25, 0.3) is 11.3 Å². The fourth-order valence-corrected chi connectivity index (χ4v) is 3.75. The van der Waals surface area contributed by atoms with E-state index in [1.165, 1.54) is 32.8 Å². The van der Waals surface area contributed by atoms with Gasteiger partial charge in [0.25, 0.3) is 5.91 Å². The Kier molecular flexibility index (Phi) is 6.75. The second-order valence-corrected chi connectivity index (χ2v) is 7.78. The zero-order chi connectivity index (χ0) is 22.3. The lowest BCUT2D eigenvalue weighted by molar-refractivity contribution is 0.0600. The SMILES string of the molecule is COC(=O)c1ccc(C(=O)Nc2ccc(-c3ccc(N4CCCCCC4)nn3)cc2)cc1. The normalized spacial score (nSPS) is 13.8. The number of nitrogens with zero attached hydrogens (tertiary/aromatic N) is 3. The van der Waals surface area contributed by atoms with E-state index in [1.54, 1.807) is 24.3 Å². The number of hydrogen-bond donors (Lipinski definition) is 1. The molecule has 0 spiro atoms. The molecule has 2 heterocycles. The number of amides is 1. The van der Waals surface area contributed by atoms with Gasteiger partial charge >= 0.3 is 5.97 Å². The average Bonchev–Trinajstić information content (AvgIpc) is 3.14. The van der Waals surface area contributed by atoms with Crippen LogP contribution in [-0.2, 0) is 4.74 Å². The number of esters is 1. The summed E-state index contributed by atoms with van der Waals surface area (Å²) >= 11 is 0. The molecule has 7 nitrogen and oxygen atoms in total. The zero-order valence-corrected chi connectivity index (χ0v) is 18.1. The third-order valence-electron chi connectivity index (χ3n) is 5.59. The largest absolute Gasteiger partial charge is 0.465 e. The molecule has 7 heteroatoms. The van der Waals surface area contributed by atoms with Crippen molar-refractivity contribution in [1.29, 1.82) is 0 Å². The second-order valence-electron chi connectivity index (χ2n) is 7.78. The fourth-order valence-electron chi connectivity index (χ4n) is 3.75. The van der Waals surface area contributed by atoms with E-state index in [0.29, 0.717) is 16.8 Å². The minimum Gasteiger partial charge on any atom is -0.465 e. The van der Waals surface area contributed by atoms with Gasteiger partial charge < -0.3 is 15.0 Å². The van der Waals surface area contributed by atoms with E-state index >= 15 is 0 Å². The first-order valence-electron chi connectivity index (χ1n) is 10.8. The number of aromatic nitrogens is 2. The van der Waals surface area contributed by atoms with Crippen molar-refractivity contribution in [2.75, 3.05) is 30.4 Å². The Morgan fingerprint density at radius 2 is 1.47 bits per heavy atom. The topological polar surface area (TPSA) is 84.4 Å². The molecular formula is C25H26N4O3. The summed E-state index contributed by atoms with van der Waals surface area (Å²) in [5, 5.41) is 11.7. The van der Waals surface area contributed by atoms with Gasteiger partial charge in [-0.2, -0.15) is 0 Å². The summed E-state index contributed by atoms with van der Waals surface area (Å²) in [4.78, 5) is 26.3. The van der Waals surface area contributed by atoms with Gasteiger partial charge in [0.05, 0.1) is 18.4 Å². The number of nitrogens with one attached hydrogen (secondary N) is 1. The highest BCUT2D eigenvalue weighted by Gasteiger charge is 2.12. The maximum Gasteiger partial charge on any atom is 0.337 e. The molecule has 0 saturated carbocycles. The van der Waals surface area contributed by atoms with Gasteiger partial charge in [-0.05, 0) is 61.4 Å². The summed E-state index contributed by atoms with van der Waals surface area (Å²) in [5.74, 6) is 0.239. The van der Waals surface area contributed by atoms with Crippen LogP contribution in [0.5, 0.6) is 0 Å². The highest BCUT2D eigenvalue weighted by Crippen LogP contribution is 2.22. The third kappa shape index (κ3) is 5.11. The Bertz CT molecular complexity index is 1060. The molecule has 32 heavy (non-hydrogen) atoms. The maximum absolute atomic E-state index is 12.5. The number of ether oxygens (including phenoxy) is 1. The van der Waals surface area contributed by atoms with Crippen molar-refractivity contribution >= 4 is 23.4 Å². The Balaban J connectivity index is 1.39. The highest BCUT2D eigenvalue weighted by atomic mass is 16.5. The molecular weight excluding hydrogens is 404 g/mol. The van der Waals surface area contributed by atoms with Crippen LogP contribution in [0.2, 0.25) is 0 Å². The number of rotatable bonds is 5. The maximum atomic E-state index is 12.5. The number of hydrogen-bond acceptors (Lipinski definition) is 6. The van der Waals surface area contributed by atoms with E-state index in [-0.39, 0.29) is 5.91 Å². The summed E-state index contributed by atoms with van der Waals surface area (Å²) < 4.78 is 4.67. The molecule has 3 aromatic rings. The number of carbonyl (C=O) groups is 2. The van der Waals surface area contributed by atoms with Crippen LogP contribution in [0.3, 0.4) is 0 Å². The van der Waals surface area contributed by atoms with Gasteiger partial charge in [-0.25, -0.2) is 4.79 Å². The predicted octanol–water partition coefficient (Wildman–Crippen LogP) is 4.56. The summed E-state index contributed by atoms with van der Waals surface area (Å²) in [7, 11) is 1.32. The average molecular weight is 431 g/mol. The van der Waals surface area contributed by atoms with Crippen LogP contribution < -0.4 is 10.2 Å². The Hall–Kier alpha value is -3.74. The van der Waals surface area contributed by atoms with Crippen molar-refractivity contribution in [2.45, 2.75) is 25.7 Å². The van der Waals surface area contributed by atoms with Gasteiger partial charge in [-0.3, -0.25) is 4.79 Å². The summed E-state index contributed by atoms with van der Waals surface area (Å²) in [6.45, 7) is 2.07. The van der Waals surface area contributed by atoms with Crippen LogP contribution in [-0.4, -0.2) is 42.3 Å². The predicted molar refractivity (Wildman–Crippen MR) is 124 cm³/mol. The zero-order valence-electron chi connectivity index (χ0n) is 18.1. The molecule has 0 atom stereocenters. The van der Waals surface area contributed by atoms with E-state index < -0.39 is 5.97 Å². The lowest BCUT2D eigenvalue weighted by Gasteiger charge is -2.20. The van der Waals surface area contributed by atoms with Crippen LogP contribution >= 0.6 is 0 Å². The van der Waals surface area contributed by atoms with Crippen molar-refractivity contribution in [3.05, 3.63) is 71.8 Å². The monoisotopic (exact) mass is 430 g/mol. The first-order chi connectivity index (χ1) is 15.6. The smallest absolute Gasteiger partial charge is 0.337 e. The summed E-state index contributed by atoms with van der Waals surface area (Å²) in [6.07, 6.45) is 4.96. The van der Waals surface area contributed by atoms with Gasteiger partial charge in [0, 0.05) is 29.9 Å². The van der Waals surface area contributed by atoms with E-state index in [1.807, 2.05) is 36.4 Å². The molecule has 1 N–H and O–H groups in total. The van der Waals surface area contributed by atoms with Gasteiger partial charge in [-0.15, -0.1) is 10.2 Å². The van der Waals surface area contributed by atoms with Crippen molar-refractivity contribution in [3.63, 3.8) is 0 Å². The second kappa shape index (κ2) is 10.0. The van der Waals surface area contributed by atoms with Crippen LogP contribution in [0.1, 0.15) is 46.4 Å². The molecule has 1 aliphatic rings. The Morgan fingerprint density at radius 1 is 0.812 bits per heavy atom. The highest BCUT2D eigenvalue weighted by molar-refractivity contribution is 6.04. The van der Waals surface area contributed by atoms with Gasteiger partial charge in [0.2, 0.25) is 0 Å². The van der Waals surface area contributed by atoms with Gasteiger partial charge in [-0.1, -0.05) is 25.0 Å². The van der Waals surface area contributed by atoms with Crippen LogP contribution in [0.4, 0.5) is 11.5 Å². The molecule has 1 aromatic heterocycles. The van der Waals surface area contributed by atoms with Crippen molar-refractivity contribution in [2.24, 2.45) is 0 Å². The molecule has 1 saturated heterocycles. The molecule has 0 radical (unpaired) electrons. The number of benzene rings is 2. The lowest BCUT2D eigenvalue weighted by atomic mass is 10.1. The Morgan fingerprint density at radius 3 is 2.06 bits per heavy atom. The molecule has 1 aliphatic heterocycles. The molecule has 2 aromatic carbocycles. The van der Waals surface area contributed by atoms with Gasteiger partial charge in [0.1, 0.15) is 0 Å². The van der Waals surface area contributed by atoms with Crippen LogP contribution in [0.15, 0.2) is 60.7 Å².